The van der Waals surface area contributed by atoms with Gasteiger partial charge in [-0.15, -0.1) is 0 Å². The summed E-state index contributed by atoms with van der Waals surface area (Å²) in [5.41, 5.74) is 1.10. The van der Waals surface area contributed by atoms with Crippen LogP contribution in [0, 0.1) is 22.7 Å². The molecule has 2 aliphatic carbocycles. The number of nitrogens with one attached hydrogen (secondary N) is 1. The van der Waals surface area contributed by atoms with Crippen molar-refractivity contribution in [3.8, 4) is 0 Å². The minimum Gasteiger partial charge on any atom is -0.313 e. The Bertz CT molecular complexity index is 271. The lowest BCUT2D eigenvalue weighted by Gasteiger charge is -2.40. The summed E-state index contributed by atoms with van der Waals surface area (Å²) in [6.45, 7) is 13.4. The summed E-state index contributed by atoms with van der Waals surface area (Å²) in [5.74, 6) is 1.80. The first-order chi connectivity index (χ1) is 7.91. The molecular weight excluding hydrogens is 206 g/mol. The Balaban J connectivity index is 1.92. The molecule has 1 N–H and O–H groups in total. The molecule has 2 rings (SSSR count). The zero-order valence-electron chi connectivity index (χ0n) is 12.5. The Morgan fingerprint density at radius 3 is 2.47 bits per heavy atom. The third kappa shape index (κ3) is 2.05. The number of rotatable bonds is 5. The Hall–Kier alpha value is -0.0400. The van der Waals surface area contributed by atoms with Crippen LogP contribution in [0.1, 0.15) is 66.7 Å². The van der Waals surface area contributed by atoms with Gasteiger partial charge in [-0.3, -0.25) is 0 Å². The summed E-state index contributed by atoms with van der Waals surface area (Å²) in [6.07, 6.45) is 7.00. The van der Waals surface area contributed by atoms with Crippen LogP contribution in [0.15, 0.2) is 0 Å². The summed E-state index contributed by atoms with van der Waals surface area (Å²) in [7, 11) is 0. The van der Waals surface area contributed by atoms with E-state index in [1.54, 1.807) is 0 Å². The molecule has 2 saturated carbocycles. The second kappa shape index (κ2) is 4.57. The molecule has 0 aliphatic heterocycles. The first kappa shape index (κ1) is 13.4. The first-order valence-corrected chi connectivity index (χ1v) is 7.65. The Kier molecular flexibility index (Phi) is 3.60. The molecule has 0 heterocycles. The van der Waals surface area contributed by atoms with Gasteiger partial charge in [0.05, 0.1) is 0 Å². The van der Waals surface area contributed by atoms with Crippen molar-refractivity contribution in [2.75, 3.05) is 6.54 Å². The quantitative estimate of drug-likeness (QED) is 0.754. The lowest BCUT2D eigenvalue weighted by atomic mass is 9.69. The molecule has 0 spiro atoms. The Labute approximate surface area is 108 Å². The van der Waals surface area contributed by atoms with Crippen molar-refractivity contribution < 1.29 is 0 Å². The molecule has 2 bridgehead atoms. The monoisotopic (exact) mass is 237 g/mol. The zero-order valence-corrected chi connectivity index (χ0v) is 12.5. The average Bonchev–Trinajstić information content (AvgIpc) is 2.59. The molecule has 1 nitrogen and oxygen atoms in total. The van der Waals surface area contributed by atoms with E-state index in [0.717, 1.165) is 17.9 Å². The van der Waals surface area contributed by atoms with Crippen molar-refractivity contribution in [1.29, 1.82) is 0 Å². The van der Waals surface area contributed by atoms with Gasteiger partial charge >= 0.3 is 0 Å². The summed E-state index contributed by atoms with van der Waals surface area (Å²) < 4.78 is 0. The van der Waals surface area contributed by atoms with Crippen molar-refractivity contribution in [3.05, 3.63) is 0 Å². The molecule has 0 aromatic rings. The minimum absolute atomic E-state index is 0.545. The molecule has 17 heavy (non-hydrogen) atoms. The average molecular weight is 237 g/mol. The maximum Gasteiger partial charge on any atom is 0.0129 e. The lowest BCUT2D eigenvalue weighted by molar-refractivity contribution is 0.119. The van der Waals surface area contributed by atoms with E-state index < -0.39 is 0 Å². The van der Waals surface area contributed by atoms with Gasteiger partial charge in [-0.05, 0) is 54.9 Å². The van der Waals surface area contributed by atoms with Gasteiger partial charge in [0, 0.05) is 6.04 Å². The molecule has 0 radical (unpaired) electrons. The van der Waals surface area contributed by atoms with E-state index in [1.807, 2.05) is 0 Å². The van der Waals surface area contributed by atoms with E-state index in [9.17, 15) is 0 Å². The number of hydrogen-bond acceptors (Lipinski definition) is 1. The van der Waals surface area contributed by atoms with Gasteiger partial charge in [0.15, 0.2) is 0 Å². The van der Waals surface area contributed by atoms with Crippen molar-refractivity contribution in [2.45, 2.75) is 72.8 Å². The van der Waals surface area contributed by atoms with E-state index in [-0.39, 0.29) is 0 Å². The van der Waals surface area contributed by atoms with Crippen LogP contribution in [-0.2, 0) is 0 Å². The molecular formula is C16H31N. The van der Waals surface area contributed by atoms with Gasteiger partial charge in [-0.2, -0.15) is 0 Å². The highest BCUT2D eigenvalue weighted by molar-refractivity contribution is 5.12. The SMILES string of the molecule is CCCC(C)CNC1CC2CCC1(C)C2(C)C. The third-order valence-electron chi connectivity index (χ3n) is 6.29. The molecule has 0 amide bonds. The van der Waals surface area contributed by atoms with E-state index in [4.69, 9.17) is 0 Å². The van der Waals surface area contributed by atoms with Crippen molar-refractivity contribution in [3.63, 3.8) is 0 Å². The van der Waals surface area contributed by atoms with Crippen LogP contribution in [0.25, 0.3) is 0 Å². The molecule has 0 saturated heterocycles. The molecule has 0 aromatic heterocycles. The normalized spacial score (nSPS) is 40.8. The van der Waals surface area contributed by atoms with E-state index in [0.29, 0.717) is 10.8 Å². The minimum atomic E-state index is 0.545. The van der Waals surface area contributed by atoms with Gasteiger partial charge < -0.3 is 5.32 Å². The molecule has 1 heteroatoms. The fourth-order valence-corrected chi connectivity index (χ4v) is 4.45. The van der Waals surface area contributed by atoms with Crippen LogP contribution < -0.4 is 5.32 Å². The van der Waals surface area contributed by atoms with Crippen LogP contribution in [0.4, 0.5) is 0 Å². The maximum absolute atomic E-state index is 3.89. The molecule has 0 aromatic carbocycles. The number of fused-ring (bicyclic) bond motifs is 2. The topological polar surface area (TPSA) is 12.0 Å². The van der Waals surface area contributed by atoms with Crippen LogP contribution >= 0.6 is 0 Å². The summed E-state index contributed by atoms with van der Waals surface area (Å²) >= 11 is 0. The molecule has 4 unspecified atom stereocenters. The zero-order chi connectivity index (χ0) is 12.7. The number of hydrogen-bond donors (Lipinski definition) is 1. The summed E-state index contributed by atoms with van der Waals surface area (Å²) in [5, 5.41) is 3.89. The lowest BCUT2D eigenvalue weighted by Crippen LogP contribution is -2.45. The first-order valence-electron chi connectivity index (χ1n) is 7.65. The van der Waals surface area contributed by atoms with Crippen LogP contribution in [-0.4, -0.2) is 12.6 Å². The van der Waals surface area contributed by atoms with Crippen molar-refractivity contribution >= 4 is 0 Å². The maximum atomic E-state index is 3.89. The highest BCUT2D eigenvalue weighted by atomic mass is 15.0. The molecule has 2 aliphatic rings. The second-order valence-corrected chi connectivity index (χ2v) is 7.47. The highest BCUT2D eigenvalue weighted by Crippen LogP contribution is 2.65. The van der Waals surface area contributed by atoms with Crippen molar-refractivity contribution in [1.82, 2.24) is 5.32 Å². The smallest absolute Gasteiger partial charge is 0.0129 e. The Morgan fingerprint density at radius 1 is 1.29 bits per heavy atom. The second-order valence-electron chi connectivity index (χ2n) is 7.47. The Morgan fingerprint density at radius 2 is 2.00 bits per heavy atom. The van der Waals surface area contributed by atoms with E-state index >= 15 is 0 Å². The predicted molar refractivity (Wildman–Crippen MR) is 75.1 cm³/mol. The fraction of sp³-hybridized carbons (Fsp3) is 1.00. The van der Waals surface area contributed by atoms with Gasteiger partial charge in [0.1, 0.15) is 0 Å². The van der Waals surface area contributed by atoms with Crippen LogP contribution in [0.3, 0.4) is 0 Å². The molecule has 4 atom stereocenters. The summed E-state index contributed by atoms with van der Waals surface area (Å²) in [4.78, 5) is 0. The van der Waals surface area contributed by atoms with E-state index in [2.05, 4.69) is 39.9 Å². The summed E-state index contributed by atoms with van der Waals surface area (Å²) in [6, 6.07) is 0.774. The largest absolute Gasteiger partial charge is 0.313 e. The van der Waals surface area contributed by atoms with Crippen LogP contribution in [0.2, 0.25) is 0 Å². The van der Waals surface area contributed by atoms with Gasteiger partial charge in [-0.1, -0.05) is 41.0 Å². The van der Waals surface area contributed by atoms with Crippen molar-refractivity contribution in [2.24, 2.45) is 22.7 Å². The standard InChI is InChI=1S/C16H31N/c1-6-7-12(2)11-17-14-10-13-8-9-16(14,5)15(13,3)4/h12-14,17H,6-11H2,1-5H3. The third-order valence-corrected chi connectivity index (χ3v) is 6.29. The predicted octanol–water partition coefficient (Wildman–Crippen LogP) is 4.23. The highest BCUT2D eigenvalue weighted by Gasteiger charge is 2.60. The fourth-order valence-electron chi connectivity index (χ4n) is 4.45. The van der Waals surface area contributed by atoms with Crippen LogP contribution in [0.5, 0.6) is 0 Å². The molecule has 2 fully saturated rings. The van der Waals surface area contributed by atoms with E-state index in [1.165, 1.54) is 38.6 Å². The van der Waals surface area contributed by atoms with Gasteiger partial charge in [0.2, 0.25) is 0 Å². The van der Waals surface area contributed by atoms with Gasteiger partial charge in [-0.25, -0.2) is 0 Å². The van der Waals surface area contributed by atoms with Gasteiger partial charge in [0.25, 0.3) is 0 Å². The molecule has 100 valence electrons.